The average molecular weight is 390 g/mol. The van der Waals surface area contributed by atoms with Crippen LogP contribution in [0.3, 0.4) is 0 Å². The molecule has 3 rings (SSSR count). The van der Waals surface area contributed by atoms with Gasteiger partial charge in [-0.3, -0.25) is 10.1 Å². The third kappa shape index (κ3) is 4.03. The first-order valence-electron chi connectivity index (χ1n) is 8.16. The summed E-state index contributed by atoms with van der Waals surface area (Å²) >= 11 is 2.95. The normalized spacial score (nSPS) is 12.1. The first-order chi connectivity index (χ1) is 12.5. The van der Waals surface area contributed by atoms with E-state index in [1.54, 1.807) is 17.4 Å². The number of thiophene rings is 2. The molecular weight excluding hydrogens is 372 g/mol. The van der Waals surface area contributed by atoms with Gasteiger partial charge in [0, 0.05) is 20.8 Å². The number of benzene rings is 1. The van der Waals surface area contributed by atoms with Crippen LogP contribution in [0, 0.1) is 0 Å². The summed E-state index contributed by atoms with van der Waals surface area (Å²) in [6.07, 6.45) is 0.751. The van der Waals surface area contributed by atoms with E-state index < -0.39 is 24.5 Å². The lowest BCUT2D eigenvalue weighted by atomic mass is 10.2. The van der Waals surface area contributed by atoms with Gasteiger partial charge in [0.1, 0.15) is 4.88 Å². The van der Waals surface area contributed by atoms with Gasteiger partial charge in [0.25, 0.3) is 5.91 Å². The zero-order valence-corrected chi connectivity index (χ0v) is 16.0. The van der Waals surface area contributed by atoms with Gasteiger partial charge in [0.2, 0.25) is 0 Å². The van der Waals surface area contributed by atoms with E-state index in [4.69, 9.17) is 4.74 Å². The quantitative estimate of drug-likeness (QED) is 0.647. The molecule has 3 aromatic rings. The summed E-state index contributed by atoms with van der Waals surface area (Å²) in [4.78, 5) is 35.9. The predicted molar refractivity (Wildman–Crippen MR) is 104 cm³/mol. The van der Waals surface area contributed by atoms with E-state index in [0.29, 0.717) is 4.88 Å². The summed E-state index contributed by atoms with van der Waals surface area (Å²) in [5.41, 5.74) is 0. The highest BCUT2D eigenvalue weighted by atomic mass is 32.1. The highest BCUT2D eigenvalue weighted by Gasteiger charge is 2.17. The summed E-state index contributed by atoms with van der Waals surface area (Å²) < 4.78 is 8.24. The number of carbonyl (C=O) groups excluding carboxylic acids is 3. The van der Waals surface area contributed by atoms with Gasteiger partial charge >= 0.3 is 12.0 Å². The largest absolute Gasteiger partial charge is 0.451 e. The van der Waals surface area contributed by atoms with Crippen LogP contribution in [0.2, 0.25) is 0 Å². The number of hydrogen-bond acceptors (Lipinski definition) is 6. The Morgan fingerprint density at radius 3 is 2.69 bits per heavy atom. The molecule has 0 aliphatic carbocycles. The second kappa shape index (κ2) is 7.84. The molecule has 8 heteroatoms. The number of fused-ring (bicyclic) bond motifs is 3. The van der Waals surface area contributed by atoms with Gasteiger partial charge in [-0.25, -0.2) is 9.59 Å². The fourth-order valence-electron chi connectivity index (χ4n) is 2.33. The van der Waals surface area contributed by atoms with Crippen LogP contribution in [-0.2, 0) is 9.53 Å². The molecule has 1 aromatic carbocycles. The lowest BCUT2D eigenvalue weighted by molar-refractivity contribution is -0.123. The number of amides is 3. The molecule has 1 atom stereocenters. The number of carbonyl (C=O) groups is 3. The van der Waals surface area contributed by atoms with Crippen molar-refractivity contribution in [2.24, 2.45) is 0 Å². The molecule has 0 aliphatic heterocycles. The maximum absolute atomic E-state index is 12.2. The first-order valence-corrected chi connectivity index (χ1v) is 9.79. The average Bonchev–Trinajstić information content (AvgIpc) is 3.17. The molecule has 0 saturated carbocycles. The lowest BCUT2D eigenvalue weighted by Gasteiger charge is -2.11. The van der Waals surface area contributed by atoms with Crippen LogP contribution >= 0.6 is 22.7 Å². The molecule has 26 heavy (non-hydrogen) atoms. The van der Waals surface area contributed by atoms with E-state index >= 15 is 0 Å². The van der Waals surface area contributed by atoms with Crippen molar-refractivity contribution in [1.82, 2.24) is 10.6 Å². The Balaban J connectivity index is 1.59. The van der Waals surface area contributed by atoms with Crippen LogP contribution in [-0.4, -0.2) is 30.6 Å². The summed E-state index contributed by atoms with van der Waals surface area (Å²) in [5.74, 6) is -1.23. The second-order valence-electron chi connectivity index (χ2n) is 5.81. The van der Waals surface area contributed by atoms with Gasteiger partial charge in [0.05, 0.1) is 4.70 Å². The zero-order valence-electron chi connectivity index (χ0n) is 14.3. The molecule has 6 nitrogen and oxygen atoms in total. The third-order valence-corrected chi connectivity index (χ3v) is 6.22. The number of nitrogens with one attached hydrogen (secondary N) is 2. The van der Waals surface area contributed by atoms with Crippen molar-refractivity contribution in [1.29, 1.82) is 0 Å². The van der Waals surface area contributed by atoms with Crippen molar-refractivity contribution in [2.75, 3.05) is 6.61 Å². The molecule has 3 amide bonds. The standard InChI is InChI=1S/C18H18N2O4S2/c1-3-10(2)19-18(23)20-15(21)9-24-17(22)14-8-13-16(26-14)11-6-4-5-7-12(11)25-13/h4-8,10H,3,9H2,1-2H3,(H2,19,20,21,23)/t10-/m1/s1. The van der Waals surface area contributed by atoms with Crippen LogP contribution in [0.1, 0.15) is 29.9 Å². The van der Waals surface area contributed by atoms with E-state index in [-0.39, 0.29) is 6.04 Å². The Hall–Kier alpha value is -2.45. The summed E-state index contributed by atoms with van der Waals surface area (Å²) in [7, 11) is 0. The van der Waals surface area contributed by atoms with Crippen LogP contribution < -0.4 is 10.6 Å². The molecule has 0 bridgehead atoms. The van der Waals surface area contributed by atoms with E-state index in [0.717, 1.165) is 21.2 Å². The molecule has 0 radical (unpaired) electrons. The smallest absolute Gasteiger partial charge is 0.348 e. The van der Waals surface area contributed by atoms with Gasteiger partial charge in [-0.05, 0) is 25.5 Å². The molecule has 2 N–H and O–H groups in total. The molecule has 136 valence electrons. The van der Waals surface area contributed by atoms with E-state index in [9.17, 15) is 14.4 Å². The molecular formula is C18H18N2O4S2. The maximum Gasteiger partial charge on any atom is 0.348 e. The fraction of sp³-hybridized carbons (Fsp3) is 0.278. The Morgan fingerprint density at radius 2 is 1.92 bits per heavy atom. The lowest BCUT2D eigenvalue weighted by Crippen LogP contribution is -2.44. The topological polar surface area (TPSA) is 84.5 Å². The van der Waals surface area contributed by atoms with Gasteiger partial charge in [-0.15, -0.1) is 22.7 Å². The molecule has 0 aliphatic rings. The highest BCUT2D eigenvalue weighted by molar-refractivity contribution is 7.33. The minimum absolute atomic E-state index is 0.0424. The van der Waals surface area contributed by atoms with Gasteiger partial charge in [-0.1, -0.05) is 25.1 Å². The molecule has 0 saturated heterocycles. The molecule has 2 heterocycles. The van der Waals surface area contributed by atoms with Crippen molar-refractivity contribution in [3.63, 3.8) is 0 Å². The molecule has 2 aromatic heterocycles. The number of rotatable bonds is 5. The Morgan fingerprint density at radius 1 is 1.15 bits per heavy atom. The fourth-order valence-corrected chi connectivity index (χ4v) is 4.75. The van der Waals surface area contributed by atoms with Crippen LogP contribution in [0.5, 0.6) is 0 Å². The summed E-state index contributed by atoms with van der Waals surface area (Å²) in [6, 6.07) is 9.14. The van der Waals surface area contributed by atoms with Gasteiger partial charge < -0.3 is 10.1 Å². The van der Waals surface area contributed by atoms with Crippen molar-refractivity contribution in [3.8, 4) is 0 Å². The SMILES string of the molecule is CC[C@@H](C)NC(=O)NC(=O)COC(=O)c1cc2sc3ccccc3c2s1. The molecule has 0 unspecified atom stereocenters. The predicted octanol–water partition coefficient (Wildman–Crippen LogP) is 3.90. The van der Waals surface area contributed by atoms with E-state index in [2.05, 4.69) is 10.6 Å². The Bertz CT molecular complexity index is 976. The number of esters is 1. The first kappa shape index (κ1) is 18.3. The number of ether oxygens (including phenoxy) is 1. The van der Waals surface area contributed by atoms with Crippen LogP contribution in [0.15, 0.2) is 30.3 Å². The minimum atomic E-state index is -0.664. The van der Waals surface area contributed by atoms with Crippen LogP contribution in [0.25, 0.3) is 19.5 Å². The molecule has 0 spiro atoms. The number of hydrogen-bond donors (Lipinski definition) is 2. The summed E-state index contributed by atoms with van der Waals surface area (Å²) in [5, 5.41) is 5.85. The van der Waals surface area contributed by atoms with Crippen molar-refractivity contribution >= 4 is 60.1 Å². The maximum atomic E-state index is 12.2. The Kier molecular flexibility index (Phi) is 5.53. The number of urea groups is 1. The number of imide groups is 1. The molecule has 0 fully saturated rings. The van der Waals surface area contributed by atoms with Crippen molar-refractivity contribution in [2.45, 2.75) is 26.3 Å². The van der Waals surface area contributed by atoms with Gasteiger partial charge in [-0.2, -0.15) is 0 Å². The second-order valence-corrected chi connectivity index (χ2v) is 7.95. The van der Waals surface area contributed by atoms with Gasteiger partial charge in [0.15, 0.2) is 6.61 Å². The third-order valence-electron chi connectivity index (χ3n) is 3.83. The minimum Gasteiger partial charge on any atom is -0.451 e. The van der Waals surface area contributed by atoms with Crippen LogP contribution in [0.4, 0.5) is 4.79 Å². The van der Waals surface area contributed by atoms with Crippen molar-refractivity contribution in [3.05, 3.63) is 35.2 Å². The summed E-state index contributed by atoms with van der Waals surface area (Å²) in [6.45, 7) is 3.25. The Labute approximate surface area is 158 Å². The van der Waals surface area contributed by atoms with E-state index in [1.165, 1.54) is 16.0 Å². The zero-order chi connectivity index (χ0) is 18.7. The van der Waals surface area contributed by atoms with E-state index in [1.807, 2.05) is 38.1 Å². The highest BCUT2D eigenvalue weighted by Crippen LogP contribution is 2.39. The monoisotopic (exact) mass is 390 g/mol. The van der Waals surface area contributed by atoms with Crippen molar-refractivity contribution < 1.29 is 19.1 Å².